The molecule has 110 valence electrons. The van der Waals surface area contributed by atoms with Crippen molar-refractivity contribution in [1.29, 1.82) is 0 Å². The van der Waals surface area contributed by atoms with Gasteiger partial charge in [-0.15, -0.1) is 0 Å². The van der Waals surface area contributed by atoms with Crippen LogP contribution < -0.4 is 0 Å². The van der Waals surface area contributed by atoms with Crippen molar-refractivity contribution in [2.24, 2.45) is 47.3 Å². The molecule has 0 saturated carbocycles. The summed E-state index contributed by atoms with van der Waals surface area (Å²) in [5.41, 5.74) is 0. The maximum atomic E-state index is 2.47. The first-order valence-corrected chi connectivity index (χ1v) is 8.11. The van der Waals surface area contributed by atoms with Crippen LogP contribution in [0.1, 0.15) is 69.2 Å². The second-order valence-corrected chi connectivity index (χ2v) is 7.64. The Labute approximate surface area is 117 Å². The minimum absolute atomic E-state index is 0.799. The molecule has 0 aliphatic carbocycles. The second kappa shape index (κ2) is 7.56. The molecule has 0 rings (SSSR count). The van der Waals surface area contributed by atoms with Crippen molar-refractivity contribution < 1.29 is 0 Å². The van der Waals surface area contributed by atoms with Gasteiger partial charge in [-0.1, -0.05) is 69.2 Å². The molecule has 0 heterocycles. The van der Waals surface area contributed by atoms with Crippen molar-refractivity contribution in [2.45, 2.75) is 69.2 Å². The van der Waals surface area contributed by atoms with Crippen LogP contribution in [-0.4, -0.2) is 0 Å². The fraction of sp³-hybridized carbons (Fsp3) is 1.00. The van der Waals surface area contributed by atoms with Gasteiger partial charge >= 0.3 is 0 Å². The fourth-order valence-electron chi connectivity index (χ4n) is 3.13. The van der Waals surface area contributed by atoms with E-state index in [0.29, 0.717) is 0 Å². The molecule has 0 nitrogen and oxygen atoms in total. The molecule has 18 heavy (non-hydrogen) atoms. The van der Waals surface area contributed by atoms with E-state index in [4.69, 9.17) is 0 Å². The van der Waals surface area contributed by atoms with Crippen LogP contribution in [0.3, 0.4) is 0 Å². The highest BCUT2D eigenvalue weighted by Gasteiger charge is 2.31. The molecule has 0 aliphatic heterocycles. The lowest BCUT2D eigenvalue weighted by Gasteiger charge is -2.38. The maximum absolute atomic E-state index is 2.47. The van der Waals surface area contributed by atoms with E-state index < -0.39 is 0 Å². The average molecular weight is 255 g/mol. The lowest BCUT2D eigenvalue weighted by molar-refractivity contribution is 0.108. The van der Waals surface area contributed by atoms with E-state index in [-0.39, 0.29) is 0 Å². The van der Waals surface area contributed by atoms with Gasteiger partial charge < -0.3 is 0 Å². The summed E-state index contributed by atoms with van der Waals surface area (Å²) in [6.07, 6.45) is 0. The smallest absolute Gasteiger partial charge is 0.0386 e. The Morgan fingerprint density at radius 3 is 0.611 bits per heavy atom. The molecule has 0 aromatic heterocycles. The highest BCUT2D eigenvalue weighted by molar-refractivity contribution is 4.79. The van der Waals surface area contributed by atoms with Crippen LogP contribution in [0, 0.1) is 47.3 Å². The highest BCUT2D eigenvalue weighted by Crippen LogP contribution is 2.37. The molecule has 0 bridgehead atoms. The summed E-state index contributed by atoms with van der Waals surface area (Å²) in [5, 5.41) is 0. The summed E-state index contributed by atoms with van der Waals surface area (Å²) < 4.78 is 0. The van der Waals surface area contributed by atoms with Crippen molar-refractivity contribution >= 4 is 0 Å². The first kappa shape index (κ1) is 18.0. The van der Waals surface area contributed by atoms with Crippen LogP contribution >= 0.6 is 0 Å². The molecule has 0 amide bonds. The summed E-state index contributed by atoms with van der Waals surface area (Å²) in [4.78, 5) is 0. The SMILES string of the molecule is CC(C)C(C)C(C)C(C)C(C)C(C)C(C)C(C)C. The van der Waals surface area contributed by atoms with Crippen molar-refractivity contribution in [3.8, 4) is 0 Å². The number of hydrogen-bond donors (Lipinski definition) is 0. The predicted octanol–water partition coefficient (Wildman–Crippen LogP) is 6.12. The molecule has 0 saturated heterocycles. The quantitative estimate of drug-likeness (QED) is 0.514. The van der Waals surface area contributed by atoms with Gasteiger partial charge in [0.25, 0.3) is 0 Å². The van der Waals surface area contributed by atoms with Gasteiger partial charge in [0.15, 0.2) is 0 Å². The van der Waals surface area contributed by atoms with E-state index in [1.165, 1.54) is 0 Å². The van der Waals surface area contributed by atoms with Crippen molar-refractivity contribution in [2.75, 3.05) is 0 Å². The van der Waals surface area contributed by atoms with Crippen LogP contribution in [-0.2, 0) is 0 Å². The van der Waals surface area contributed by atoms with Gasteiger partial charge in [-0.3, -0.25) is 0 Å². The first-order chi connectivity index (χ1) is 8.11. The van der Waals surface area contributed by atoms with Crippen LogP contribution in [0.2, 0.25) is 0 Å². The lowest BCUT2D eigenvalue weighted by Crippen LogP contribution is -2.31. The Morgan fingerprint density at radius 2 is 0.444 bits per heavy atom. The summed E-state index contributed by atoms with van der Waals surface area (Å²) in [6, 6.07) is 0. The zero-order chi connectivity index (χ0) is 14.6. The third-order valence-electron chi connectivity index (χ3n) is 6.25. The summed E-state index contributed by atoms with van der Waals surface area (Å²) in [7, 11) is 0. The van der Waals surface area contributed by atoms with Crippen molar-refractivity contribution in [3.05, 3.63) is 0 Å². The normalized spacial score (nSPS) is 22.7. The Hall–Kier alpha value is 0. The van der Waals surface area contributed by atoms with Gasteiger partial charge in [-0.25, -0.2) is 0 Å². The van der Waals surface area contributed by atoms with Crippen LogP contribution in [0.15, 0.2) is 0 Å². The molecule has 0 N–H and O–H groups in total. The molecule has 0 aliphatic rings. The molecule has 6 unspecified atom stereocenters. The summed E-state index contributed by atoms with van der Waals surface area (Å²) in [5.74, 6) is 6.52. The molecule has 0 aromatic rings. The number of hydrogen-bond acceptors (Lipinski definition) is 0. The minimum Gasteiger partial charge on any atom is -0.0625 e. The third kappa shape index (κ3) is 4.59. The van der Waals surface area contributed by atoms with Gasteiger partial charge in [-0.05, 0) is 47.3 Å². The molecule has 0 heteroatoms. The lowest BCUT2D eigenvalue weighted by atomic mass is 9.68. The fourth-order valence-corrected chi connectivity index (χ4v) is 3.13. The molecule has 0 radical (unpaired) electrons. The zero-order valence-corrected chi connectivity index (χ0v) is 14.6. The standard InChI is InChI=1S/C18H38/c1-11(2)13(5)15(7)17(9)18(10)16(8)14(6)12(3)4/h11-18H,1-10H3. The summed E-state index contributed by atoms with van der Waals surface area (Å²) >= 11 is 0. The van der Waals surface area contributed by atoms with E-state index in [1.807, 2.05) is 0 Å². The topological polar surface area (TPSA) is 0 Å². The van der Waals surface area contributed by atoms with Crippen LogP contribution in [0.5, 0.6) is 0 Å². The molecular weight excluding hydrogens is 216 g/mol. The first-order valence-electron chi connectivity index (χ1n) is 8.11. The van der Waals surface area contributed by atoms with Crippen LogP contribution in [0.25, 0.3) is 0 Å². The predicted molar refractivity (Wildman–Crippen MR) is 84.7 cm³/mol. The Morgan fingerprint density at radius 1 is 0.278 bits per heavy atom. The molecule has 0 spiro atoms. The Balaban J connectivity index is 4.63. The monoisotopic (exact) mass is 254 g/mol. The van der Waals surface area contributed by atoms with E-state index in [1.54, 1.807) is 0 Å². The Kier molecular flexibility index (Phi) is 7.56. The largest absolute Gasteiger partial charge is 0.0625 e. The van der Waals surface area contributed by atoms with E-state index in [9.17, 15) is 0 Å². The average Bonchev–Trinajstić information content (AvgIpc) is 2.32. The Bertz CT molecular complexity index is 192. The van der Waals surface area contributed by atoms with Crippen molar-refractivity contribution in [3.63, 3.8) is 0 Å². The molecular formula is C18H38. The molecule has 0 aromatic carbocycles. The van der Waals surface area contributed by atoms with Gasteiger partial charge in [0.1, 0.15) is 0 Å². The minimum atomic E-state index is 0.799. The third-order valence-corrected chi connectivity index (χ3v) is 6.25. The van der Waals surface area contributed by atoms with Gasteiger partial charge in [0.2, 0.25) is 0 Å². The number of rotatable bonds is 7. The molecule has 0 fully saturated rings. The second-order valence-electron chi connectivity index (χ2n) is 7.64. The highest BCUT2D eigenvalue weighted by atomic mass is 14.4. The van der Waals surface area contributed by atoms with E-state index in [2.05, 4.69) is 69.2 Å². The van der Waals surface area contributed by atoms with Gasteiger partial charge in [0.05, 0.1) is 0 Å². The van der Waals surface area contributed by atoms with Crippen molar-refractivity contribution in [1.82, 2.24) is 0 Å². The van der Waals surface area contributed by atoms with Gasteiger partial charge in [-0.2, -0.15) is 0 Å². The van der Waals surface area contributed by atoms with E-state index in [0.717, 1.165) is 47.3 Å². The maximum Gasteiger partial charge on any atom is -0.0386 e. The molecule has 6 atom stereocenters. The zero-order valence-electron chi connectivity index (χ0n) is 14.6. The van der Waals surface area contributed by atoms with Crippen LogP contribution in [0.4, 0.5) is 0 Å². The summed E-state index contributed by atoms with van der Waals surface area (Å²) in [6.45, 7) is 24.1. The van der Waals surface area contributed by atoms with Gasteiger partial charge in [0, 0.05) is 0 Å². The van der Waals surface area contributed by atoms with E-state index >= 15 is 0 Å².